The smallest absolute Gasteiger partial charge is 0.233 e. The van der Waals surface area contributed by atoms with Crippen LogP contribution in [0, 0.1) is 0 Å². The Morgan fingerprint density at radius 2 is 2.07 bits per heavy atom. The van der Waals surface area contributed by atoms with E-state index in [9.17, 15) is 4.79 Å². The molecular weight excluding hydrogens is 442 g/mol. The van der Waals surface area contributed by atoms with Gasteiger partial charge in [-0.25, -0.2) is 0 Å². The summed E-state index contributed by atoms with van der Waals surface area (Å²) in [7, 11) is 0. The van der Waals surface area contributed by atoms with Crippen molar-refractivity contribution in [1.29, 1.82) is 0 Å². The van der Waals surface area contributed by atoms with Crippen molar-refractivity contribution in [1.82, 2.24) is 4.90 Å². The van der Waals surface area contributed by atoms with Crippen LogP contribution in [0.3, 0.4) is 0 Å². The Kier molecular flexibility index (Phi) is 6.24. The Balaban J connectivity index is 1.36. The summed E-state index contributed by atoms with van der Waals surface area (Å²) in [4.78, 5) is 14.2. The molecule has 1 fully saturated rings. The number of thioether (sulfide) groups is 1. The molecule has 7 heteroatoms. The topological polar surface area (TPSA) is 55.8 Å². The minimum absolute atomic E-state index is 0.0891. The van der Waals surface area contributed by atoms with Crippen LogP contribution in [0.15, 0.2) is 68.1 Å². The zero-order valence-electron chi connectivity index (χ0n) is 15.2. The number of hydrogen-bond acceptors (Lipinski definition) is 5. The molecule has 0 radical (unpaired) electrons. The SMILES string of the molecule is O=C1CS[C@@H](c2ccc(-c3ccccc3Br)o2)N1CCCOCc1ccco1. The molecule has 28 heavy (non-hydrogen) atoms. The summed E-state index contributed by atoms with van der Waals surface area (Å²) in [6.45, 7) is 1.66. The molecule has 1 saturated heterocycles. The average molecular weight is 462 g/mol. The van der Waals surface area contributed by atoms with E-state index in [2.05, 4.69) is 15.9 Å². The molecule has 3 aromatic rings. The van der Waals surface area contributed by atoms with Gasteiger partial charge < -0.3 is 18.5 Å². The van der Waals surface area contributed by atoms with Crippen LogP contribution in [0.2, 0.25) is 0 Å². The fourth-order valence-corrected chi connectivity index (χ4v) is 4.77. The molecule has 0 N–H and O–H groups in total. The highest BCUT2D eigenvalue weighted by Crippen LogP contribution is 2.41. The second kappa shape index (κ2) is 9.03. The van der Waals surface area contributed by atoms with Gasteiger partial charge in [-0.05, 0) is 36.8 Å². The Morgan fingerprint density at radius 1 is 1.18 bits per heavy atom. The monoisotopic (exact) mass is 461 g/mol. The minimum Gasteiger partial charge on any atom is -0.467 e. The summed E-state index contributed by atoms with van der Waals surface area (Å²) >= 11 is 5.16. The normalized spacial score (nSPS) is 16.8. The molecule has 0 unspecified atom stereocenters. The number of amides is 1. The molecule has 2 aromatic heterocycles. The van der Waals surface area contributed by atoms with Gasteiger partial charge >= 0.3 is 0 Å². The standard InChI is InChI=1S/C21H20BrNO4S/c22-17-7-2-1-6-16(17)18-8-9-19(27-18)21-23(20(24)14-28-21)10-4-11-25-13-15-5-3-12-26-15/h1-3,5-9,12,21H,4,10-11,13-14H2/t21-/m0/s1. The second-order valence-corrected chi connectivity index (χ2v) is 8.34. The van der Waals surface area contributed by atoms with Crippen molar-refractivity contribution in [2.45, 2.75) is 18.4 Å². The summed E-state index contributed by atoms with van der Waals surface area (Å²) in [6.07, 6.45) is 2.40. The van der Waals surface area contributed by atoms with Crippen LogP contribution >= 0.6 is 27.7 Å². The van der Waals surface area contributed by atoms with E-state index < -0.39 is 0 Å². The molecule has 0 spiro atoms. The first kappa shape index (κ1) is 19.4. The minimum atomic E-state index is -0.0891. The summed E-state index contributed by atoms with van der Waals surface area (Å²) in [6, 6.07) is 15.6. The maximum atomic E-state index is 12.3. The second-order valence-electron chi connectivity index (χ2n) is 6.42. The van der Waals surface area contributed by atoms with Gasteiger partial charge in [0, 0.05) is 23.2 Å². The van der Waals surface area contributed by atoms with Gasteiger partial charge in [-0.15, -0.1) is 11.8 Å². The molecule has 0 aliphatic carbocycles. The van der Waals surface area contributed by atoms with Crippen LogP contribution in [-0.4, -0.2) is 29.7 Å². The van der Waals surface area contributed by atoms with Crippen LogP contribution in [0.4, 0.5) is 0 Å². The molecular formula is C21H20BrNO4S. The molecule has 1 aliphatic heterocycles. The van der Waals surface area contributed by atoms with Gasteiger partial charge in [0.1, 0.15) is 29.3 Å². The first-order valence-corrected chi connectivity index (χ1v) is 10.9. The van der Waals surface area contributed by atoms with E-state index in [-0.39, 0.29) is 11.3 Å². The van der Waals surface area contributed by atoms with Gasteiger partial charge in [0.15, 0.2) is 0 Å². The quantitative estimate of drug-likeness (QED) is 0.415. The van der Waals surface area contributed by atoms with Crippen molar-refractivity contribution in [2.75, 3.05) is 18.9 Å². The van der Waals surface area contributed by atoms with Crippen molar-refractivity contribution in [3.63, 3.8) is 0 Å². The summed E-state index contributed by atoms with van der Waals surface area (Å²) in [5, 5.41) is -0.0891. The highest BCUT2D eigenvalue weighted by atomic mass is 79.9. The van der Waals surface area contributed by atoms with E-state index in [0.717, 1.165) is 33.7 Å². The van der Waals surface area contributed by atoms with Crippen molar-refractivity contribution in [2.24, 2.45) is 0 Å². The van der Waals surface area contributed by atoms with Crippen molar-refractivity contribution in [3.05, 3.63) is 70.8 Å². The van der Waals surface area contributed by atoms with E-state index in [1.165, 1.54) is 0 Å². The van der Waals surface area contributed by atoms with Gasteiger partial charge in [-0.3, -0.25) is 4.79 Å². The van der Waals surface area contributed by atoms with E-state index in [1.54, 1.807) is 18.0 Å². The highest BCUT2D eigenvalue weighted by Gasteiger charge is 2.34. The first-order valence-electron chi connectivity index (χ1n) is 9.08. The van der Waals surface area contributed by atoms with E-state index >= 15 is 0 Å². The molecule has 3 heterocycles. The molecule has 4 rings (SSSR count). The van der Waals surface area contributed by atoms with Crippen molar-refractivity contribution >= 4 is 33.6 Å². The highest BCUT2D eigenvalue weighted by molar-refractivity contribution is 9.10. The number of carbonyl (C=O) groups is 1. The average Bonchev–Trinajstić information content (AvgIpc) is 3.44. The lowest BCUT2D eigenvalue weighted by Crippen LogP contribution is -2.29. The summed E-state index contributed by atoms with van der Waals surface area (Å²) in [5.74, 6) is 3.02. The molecule has 0 bridgehead atoms. The fraction of sp³-hybridized carbons (Fsp3) is 0.286. The Hall–Kier alpha value is -1.96. The van der Waals surface area contributed by atoms with Gasteiger partial charge in [-0.2, -0.15) is 0 Å². The van der Waals surface area contributed by atoms with Crippen LogP contribution in [0.25, 0.3) is 11.3 Å². The Morgan fingerprint density at radius 3 is 2.89 bits per heavy atom. The maximum Gasteiger partial charge on any atom is 0.233 e. The Bertz CT molecular complexity index is 924. The van der Waals surface area contributed by atoms with Crippen LogP contribution in [0.1, 0.15) is 23.3 Å². The number of halogens is 1. The summed E-state index contributed by atoms with van der Waals surface area (Å²) in [5.41, 5.74) is 1.00. The maximum absolute atomic E-state index is 12.3. The molecule has 0 saturated carbocycles. The van der Waals surface area contributed by atoms with Gasteiger partial charge in [0.2, 0.25) is 5.91 Å². The number of hydrogen-bond donors (Lipinski definition) is 0. The molecule has 1 amide bonds. The Labute approximate surface area is 176 Å². The first-order chi connectivity index (χ1) is 13.7. The third-order valence-corrected chi connectivity index (χ3v) is 6.40. The van der Waals surface area contributed by atoms with Crippen LogP contribution < -0.4 is 0 Å². The zero-order chi connectivity index (χ0) is 19.3. The predicted molar refractivity (Wildman–Crippen MR) is 112 cm³/mol. The van der Waals surface area contributed by atoms with Gasteiger partial charge in [-0.1, -0.05) is 34.1 Å². The third-order valence-electron chi connectivity index (χ3n) is 4.49. The number of carbonyl (C=O) groups excluding carboxylic acids is 1. The predicted octanol–water partition coefficient (Wildman–Crippen LogP) is 5.48. The summed E-state index contributed by atoms with van der Waals surface area (Å²) < 4.78 is 18.0. The lowest BCUT2D eigenvalue weighted by Gasteiger charge is -2.22. The lowest BCUT2D eigenvalue weighted by molar-refractivity contribution is -0.128. The molecule has 146 valence electrons. The van der Waals surface area contributed by atoms with E-state index in [4.69, 9.17) is 13.6 Å². The van der Waals surface area contributed by atoms with Crippen LogP contribution in [0.5, 0.6) is 0 Å². The number of furan rings is 2. The van der Waals surface area contributed by atoms with E-state index in [0.29, 0.717) is 25.5 Å². The van der Waals surface area contributed by atoms with Crippen molar-refractivity contribution < 1.29 is 18.4 Å². The third kappa shape index (κ3) is 4.37. The van der Waals surface area contributed by atoms with Crippen LogP contribution in [-0.2, 0) is 16.1 Å². The van der Waals surface area contributed by atoms with Gasteiger partial charge in [0.05, 0.1) is 12.0 Å². The fourth-order valence-electron chi connectivity index (χ4n) is 3.13. The van der Waals surface area contributed by atoms with E-state index in [1.807, 2.05) is 53.4 Å². The molecule has 1 atom stereocenters. The molecule has 5 nitrogen and oxygen atoms in total. The number of ether oxygens (including phenoxy) is 1. The molecule has 1 aliphatic rings. The van der Waals surface area contributed by atoms with Crippen molar-refractivity contribution in [3.8, 4) is 11.3 Å². The van der Waals surface area contributed by atoms with Gasteiger partial charge in [0.25, 0.3) is 0 Å². The number of nitrogens with zero attached hydrogens (tertiary/aromatic N) is 1. The molecule has 1 aromatic carbocycles. The number of benzene rings is 1. The zero-order valence-corrected chi connectivity index (χ0v) is 17.6. The number of rotatable bonds is 8. The lowest BCUT2D eigenvalue weighted by atomic mass is 10.2. The largest absolute Gasteiger partial charge is 0.467 e.